The molecule has 0 radical (unpaired) electrons. The van der Waals surface area contributed by atoms with Crippen molar-refractivity contribution < 1.29 is 22.8 Å². The van der Waals surface area contributed by atoms with E-state index in [1.165, 1.54) is 23.5 Å². The van der Waals surface area contributed by atoms with Gasteiger partial charge in [0.2, 0.25) is 5.88 Å². The lowest BCUT2D eigenvalue weighted by atomic mass is 10.1. The Morgan fingerprint density at radius 2 is 1.90 bits per heavy atom. The predicted molar refractivity (Wildman–Crippen MR) is 146 cm³/mol. The Kier molecular flexibility index (Phi) is 6.94. The Balaban J connectivity index is 1.23. The van der Waals surface area contributed by atoms with Crippen LogP contribution in [-0.4, -0.2) is 59.4 Å². The number of carbonyl (C=O) groups excluding carboxylic acids is 1. The van der Waals surface area contributed by atoms with Crippen molar-refractivity contribution in [3.63, 3.8) is 0 Å². The number of pyridine rings is 2. The van der Waals surface area contributed by atoms with Crippen molar-refractivity contribution in [3.8, 4) is 5.88 Å². The normalized spacial score (nSPS) is 16.1. The van der Waals surface area contributed by atoms with Crippen molar-refractivity contribution >= 4 is 48.3 Å². The number of fused-ring (bicyclic) bond motifs is 1. The molecule has 1 saturated carbocycles. The fourth-order valence-electron chi connectivity index (χ4n) is 3.84. The number of ether oxygens (including phenoxy) is 1. The third kappa shape index (κ3) is 5.75. The number of rotatable bonds is 10. The van der Waals surface area contributed by atoms with Gasteiger partial charge in [0.15, 0.2) is 27.3 Å². The number of hydrogen-bond donors (Lipinski definition) is 2. The molecule has 0 atom stereocenters. The molecule has 3 aromatic heterocycles. The van der Waals surface area contributed by atoms with E-state index in [1.807, 2.05) is 6.07 Å². The lowest BCUT2D eigenvalue weighted by Crippen LogP contribution is -2.50. The van der Waals surface area contributed by atoms with Crippen LogP contribution in [0.3, 0.4) is 0 Å². The molecule has 4 aromatic rings. The third-order valence-corrected chi connectivity index (χ3v) is 9.37. The zero-order valence-corrected chi connectivity index (χ0v) is 22.2. The minimum Gasteiger partial charge on any atom is -0.472 e. The average molecular weight is 565 g/mol. The number of oxime groups is 1. The molecule has 0 spiro atoms. The maximum Gasteiger partial charge on any atom is 0.280 e. The van der Waals surface area contributed by atoms with E-state index in [0.717, 1.165) is 13.1 Å². The van der Waals surface area contributed by atoms with Crippen LogP contribution >= 0.6 is 11.3 Å². The van der Waals surface area contributed by atoms with E-state index < -0.39 is 15.7 Å². The first kappa shape index (κ1) is 25.3. The summed E-state index contributed by atoms with van der Waals surface area (Å²) in [5.74, 6) is -0.0631. The van der Waals surface area contributed by atoms with Gasteiger partial charge in [-0.1, -0.05) is 34.7 Å². The monoisotopic (exact) mass is 564 g/mol. The smallest absolute Gasteiger partial charge is 0.280 e. The van der Waals surface area contributed by atoms with Crippen molar-refractivity contribution in [2.24, 2.45) is 5.16 Å². The largest absolute Gasteiger partial charge is 0.472 e. The van der Waals surface area contributed by atoms with Gasteiger partial charge in [0, 0.05) is 30.9 Å². The summed E-state index contributed by atoms with van der Waals surface area (Å²) in [6, 6.07) is 15.0. The highest BCUT2D eigenvalue weighted by Crippen LogP contribution is 2.33. The first-order valence-electron chi connectivity index (χ1n) is 12.4. The van der Waals surface area contributed by atoms with Crippen LogP contribution in [0.25, 0.3) is 10.3 Å². The molecular formula is C26H24N6O5S2. The molecule has 11 nitrogen and oxygen atoms in total. The molecule has 1 amide bonds. The van der Waals surface area contributed by atoms with Crippen LogP contribution in [0.5, 0.6) is 5.88 Å². The van der Waals surface area contributed by atoms with E-state index in [-0.39, 0.29) is 28.6 Å². The van der Waals surface area contributed by atoms with Crippen molar-refractivity contribution in [3.05, 3.63) is 72.1 Å². The number of anilines is 1. The summed E-state index contributed by atoms with van der Waals surface area (Å²) in [5.41, 5.74) is 1.62. The van der Waals surface area contributed by atoms with E-state index in [0.29, 0.717) is 45.5 Å². The molecular weight excluding hydrogens is 540 g/mol. The van der Waals surface area contributed by atoms with Crippen LogP contribution in [0.4, 0.5) is 5.13 Å². The van der Waals surface area contributed by atoms with Gasteiger partial charge in [0.05, 0.1) is 15.8 Å². The standard InChI is InChI=1S/C26H24N6O5S2/c33-24(31-26-29-21-10-11-22(30-25(21)38-26)37-18-13-27-14-18)23(32-36-15-17-3-1-2-12-28-17)16-4-6-19(7-5-16)39(34,35)20-8-9-20/h1-7,10-12,18,20,27H,8-9,13-15H2,(H,29,31,33). The van der Waals surface area contributed by atoms with Gasteiger partial charge in [-0.3, -0.25) is 15.1 Å². The number of hydrogen-bond acceptors (Lipinski definition) is 11. The number of thiazole rings is 1. The topological polar surface area (TPSA) is 145 Å². The number of aromatic nitrogens is 3. The molecule has 2 N–H and O–H groups in total. The zero-order chi connectivity index (χ0) is 26.8. The van der Waals surface area contributed by atoms with Crippen LogP contribution in [0, 0.1) is 0 Å². The van der Waals surface area contributed by atoms with Crippen LogP contribution in [0.1, 0.15) is 24.1 Å². The van der Waals surface area contributed by atoms with Gasteiger partial charge in [-0.25, -0.2) is 18.4 Å². The van der Waals surface area contributed by atoms with Gasteiger partial charge in [-0.15, -0.1) is 0 Å². The van der Waals surface area contributed by atoms with E-state index in [9.17, 15) is 13.2 Å². The first-order valence-corrected chi connectivity index (χ1v) is 14.7. The summed E-state index contributed by atoms with van der Waals surface area (Å²) in [6.45, 7) is 1.61. The van der Waals surface area contributed by atoms with Crippen LogP contribution in [0.2, 0.25) is 0 Å². The highest BCUT2D eigenvalue weighted by Gasteiger charge is 2.36. The van der Waals surface area contributed by atoms with E-state index in [1.54, 1.807) is 42.6 Å². The fraction of sp³-hybridized carbons (Fsp3) is 0.269. The molecule has 1 aliphatic carbocycles. The molecule has 0 bridgehead atoms. The number of amides is 1. The van der Waals surface area contributed by atoms with Crippen LogP contribution < -0.4 is 15.4 Å². The Labute approximate surface area is 228 Å². The Bertz CT molecular complexity index is 1630. The SMILES string of the molecule is O=C(Nc1nc2ccc(OC3CNC3)nc2s1)C(=NOCc1ccccn1)c1ccc(S(=O)(=O)C2CC2)cc1. The summed E-state index contributed by atoms with van der Waals surface area (Å²) < 4.78 is 31.0. The van der Waals surface area contributed by atoms with Gasteiger partial charge in [0.25, 0.3) is 5.91 Å². The second kappa shape index (κ2) is 10.7. The van der Waals surface area contributed by atoms with Gasteiger partial charge < -0.3 is 14.9 Å². The van der Waals surface area contributed by atoms with Crippen molar-refractivity contribution in [2.75, 3.05) is 18.4 Å². The van der Waals surface area contributed by atoms with Gasteiger partial charge in [-0.05, 0) is 43.2 Å². The van der Waals surface area contributed by atoms with Crippen LogP contribution in [0.15, 0.2) is 70.8 Å². The second-order valence-corrected chi connectivity index (χ2v) is 12.4. The molecule has 39 heavy (non-hydrogen) atoms. The number of nitrogens with zero attached hydrogens (tertiary/aromatic N) is 4. The number of benzene rings is 1. The number of sulfone groups is 1. The molecule has 2 aliphatic rings. The minimum absolute atomic E-state index is 0.0324. The first-order chi connectivity index (χ1) is 19.0. The third-order valence-electron chi connectivity index (χ3n) is 6.21. The summed E-state index contributed by atoms with van der Waals surface area (Å²) in [4.78, 5) is 32.8. The lowest BCUT2D eigenvalue weighted by molar-refractivity contribution is -0.110. The van der Waals surface area contributed by atoms with E-state index in [2.05, 4.69) is 30.7 Å². The molecule has 1 aromatic carbocycles. The quantitative estimate of drug-likeness (QED) is 0.219. The fourth-order valence-corrected chi connectivity index (χ4v) is 6.32. The molecule has 200 valence electrons. The molecule has 0 unspecified atom stereocenters. The van der Waals surface area contributed by atoms with Crippen molar-refractivity contribution in [1.82, 2.24) is 20.3 Å². The summed E-state index contributed by atoms with van der Waals surface area (Å²) >= 11 is 1.21. The van der Waals surface area contributed by atoms with Crippen molar-refractivity contribution in [1.29, 1.82) is 0 Å². The molecule has 1 saturated heterocycles. The summed E-state index contributed by atoms with van der Waals surface area (Å²) in [7, 11) is -3.36. The lowest BCUT2D eigenvalue weighted by Gasteiger charge is -2.27. The predicted octanol–water partition coefficient (Wildman–Crippen LogP) is 2.93. The molecule has 1 aliphatic heterocycles. The van der Waals surface area contributed by atoms with E-state index in [4.69, 9.17) is 9.57 Å². The zero-order valence-electron chi connectivity index (χ0n) is 20.6. The second-order valence-electron chi connectivity index (χ2n) is 9.15. The Morgan fingerprint density at radius 1 is 1.08 bits per heavy atom. The molecule has 6 rings (SSSR count). The van der Waals surface area contributed by atoms with Gasteiger partial charge in [0.1, 0.15) is 16.5 Å². The number of carbonyl (C=O) groups is 1. The summed E-state index contributed by atoms with van der Waals surface area (Å²) in [6.07, 6.45) is 3.07. The Hall–Kier alpha value is -3.94. The maximum atomic E-state index is 13.4. The summed E-state index contributed by atoms with van der Waals surface area (Å²) in [5, 5.41) is 10.0. The Morgan fingerprint density at radius 3 is 2.59 bits per heavy atom. The van der Waals surface area contributed by atoms with Crippen molar-refractivity contribution in [2.45, 2.75) is 35.7 Å². The number of nitrogens with one attached hydrogen (secondary N) is 2. The van der Waals surface area contributed by atoms with Gasteiger partial charge >= 0.3 is 0 Å². The van der Waals surface area contributed by atoms with E-state index >= 15 is 0 Å². The molecule has 4 heterocycles. The highest BCUT2D eigenvalue weighted by atomic mass is 32.2. The minimum atomic E-state index is -3.36. The molecule has 2 fully saturated rings. The highest BCUT2D eigenvalue weighted by molar-refractivity contribution is 7.92. The van der Waals surface area contributed by atoms with Gasteiger partial charge in [-0.2, -0.15) is 0 Å². The maximum absolute atomic E-state index is 13.4. The average Bonchev–Trinajstić information content (AvgIpc) is 3.71. The molecule has 13 heteroatoms. The van der Waals surface area contributed by atoms with Crippen LogP contribution in [-0.2, 0) is 26.1 Å².